The van der Waals surface area contributed by atoms with Crippen molar-refractivity contribution in [1.29, 1.82) is 0 Å². The van der Waals surface area contributed by atoms with E-state index >= 15 is 0 Å². The first-order valence-electron chi connectivity index (χ1n) is 6.36. The average Bonchev–Trinajstić information content (AvgIpc) is 2.36. The lowest BCUT2D eigenvalue weighted by Crippen LogP contribution is -2.32. The molecule has 106 valence electrons. The van der Waals surface area contributed by atoms with Gasteiger partial charge in [0.25, 0.3) is 5.91 Å². The van der Waals surface area contributed by atoms with Gasteiger partial charge in [-0.1, -0.05) is 37.6 Å². The maximum absolute atomic E-state index is 11.6. The standard InChI is InChI=1S/C14H21ClN2O2/c1-10(2)7-17-13(18)9-19-14-11(8-16-3)5-4-6-12(14)15/h4-6,10,16H,7-9H2,1-3H3,(H,17,18). The summed E-state index contributed by atoms with van der Waals surface area (Å²) in [5.74, 6) is 0.853. The summed E-state index contributed by atoms with van der Waals surface area (Å²) in [5, 5.41) is 6.36. The number of ether oxygens (including phenoxy) is 1. The number of carbonyl (C=O) groups is 1. The van der Waals surface area contributed by atoms with E-state index in [2.05, 4.69) is 10.6 Å². The Bertz CT molecular complexity index is 422. The molecule has 1 aromatic rings. The minimum atomic E-state index is -0.135. The molecule has 1 aromatic carbocycles. The molecular weight excluding hydrogens is 264 g/mol. The van der Waals surface area contributed by atoms with Gasteiger partial charge in [-0.2, -0.15) is 0 Å². The Balaban J connectivity index is 2.59. The lowest BCUT2D eigenvalue weighted by molar-refractivity contribution is -0.123. The quantitative estimate of drug-likeness (QED) is 0.807. The molecule has 0 spiro atoms. The number of rotatable bonds is 7. The van der Waals surface area contributed by atoms with Crippen LogP contribution in [0.2, 0.25) is 5.02 Å². The average molecular weight is 285 g/mol. The van der Waals surface area contributed by atoms with E-state index in [0.717, 1.165) is 5.56 Å². The second-order valence-electron chi connectivity index (χ2n) is 4.75. The summed E-state index contributed by atoms with van der Waals surface area (Å²) in [7, 11) is 1.85. The highest BCUT2D eigenvalue weighted by molar-refractivity contribution is 6.32. The summed E-state index contributed by atoms with van der Waals surface area (Å²) < 4.78 is 5.53. The largest absolute Gasteiger partial charge is 0.482 e. The monoisotopic (exact) mass is 284 g/mol. The molecule has 5 heteroatoms. The zero-order chi connectivity index (χ0) is 14.3. The van der Waals surface area contributed by atoms with E-state index in [1.165, 1.54) is 0 Å². The molecule has 1 amide bonds. The third-order valence-corrected chi connectivity index (χ3v) is 2.77. The van der Waals surface area contributed by atoms with Crippen LogP contribution in [0.5, 0.6) is 5.75 Å². The van der Waals surface area contributed by atoms with Gasteiger partial charge >= 0.3 is 0 Å². The van der Waals surface area contributed by atoms with Gasteiger partial charge < -0.3 is 15.4 Å². The summed E-state index contributed by atoms with van der Waals surface area (Å²) >= 11 is 6.09. The Morgan fingerprint density at radius 2 is 2.16 bits per heavy atom. The van der Waals surface area contributed by atoms with Gasteiger partial charge in [0, 0.05) is 18.7 Å². The van der Waals surface area contributed by atoms with E-state index in [1.54, 1.807) is 6.07 Å². The van der Waals surface area contributed by atoms with Gasteiger partial charge in [-0.3, -0.25) is 4.79 Å². The van der Waals surface area contributed by atoms with Crippen LogP contribution in [0.4, 0.5) is 0 Å². The van der Waals surface area contributed by atoms with Crippen LogP contribution in [0.3, 0.4) is 0 Å². The molecule has 0 saturated heterocycles. The third-order valence-electron chi connectivity index (χ3n) is 2.47. The number of benzene rings is 1. The van der Waals surface area contributed by atoms with Gasteiger partial charge in [0.2, 0.25) is 0 Å². The smallest absolute Gasteiger partial charge is 0.257 e. The Hall–Kier alpha value is -1.26. The molecule has 4 nitrogen and oxygen atoms in total. The lowest BCUT2D eigenvalue weighted by atomic mass is 10.2. The van der Waals surface area contributed by atoms with Crippen molar-refractivity contribution in [3.63, 3.8) is 0 Å². The van der Waals surface area contributed by atoms with Gasteiger partial charge in [0.05, 0.1) is 5.02 Å². The molecule has 0 aliphatic rings. The van der Waals surface area contributed by atoms with Crippen LogP contribution < -0.4 is 15.4 Å². The van der Waals surface area contributed by atoms with Crippen molar-refractivity contribution >= 4 is 17.5 Å². The highest BCUT2D eigenvalue weighted by Crippen LogP contribution is 2.28. The van der Waals surface area contributed by atoms with Crippen molar-refractivity contribution in [1.82, 2.24) is 10.6 Å². The first kappa shape index (κ1) is 15.8. The van der Waals surface area contributed by atoms with E-state index in [0.29, 0.717) is 29.8 Å². The number of hydrogen-bond donors (Lipinski definition) is 2. The normalized spacial score (nSPS) is 10.6. The molecule has 0 bridgehead atoms. The number of amides is 1. The Morgan fingerprint density at radius 3 is 2.79 bits per heavy atom. The second-order valence-corrected chi connectivity index (χ2v) is 5.15. The zero-order valence-corrected chi connectivity index (χ0v) is 12.4. The van der Waals surface area contributed by atoms with Crippen molar-refractivity contribution < 1.29 is 9.53 Å². The molecule has 0 heterocycles. The molecule has 1 rings (SSSR count). The van der Waals surface area contributed by atoms with Crippen LogP contribution >= 0.6 is 11.6 Å². The summed E-state index contributed by atoms with van der Waals surface area (Å²) in [6.45, 7) is 5.35. The van der Waals surface area contributed by atoms with E-state index < -0.39 is 0 Å². The predicted molar refractivity (Wildman–Crippen MR) is 77.6 cm³/mol. The maximum Gasteiger partial charge on any atom is 0.257 e. The van der Waals surface area contributed by atoms with Crippen molar-refractivity contribution in [3.8, 4) is 5.75 Å². The summed E-state index contributed by atoms with van der Waals surface area (Å²) in [5.41, 5.74) is 0.937. The number of hydrogen-bond acceptors (Lipinski definition) is 3. The summed E-state index contributed by atoms with van der Waals surface area (Å²) in [4.78, 5) is 11.6. The minimum Gasteiger partial charge on any atom is -0.482 e. The van der Waals surface area contributed by atoms with Gasteiger partial charge in [-0.05, 0) is 19.0 Å². The van der Waals surface area contributed by atoms with Gasteiger partial charge in [0.1, 0.15) is 5.75 Å². The number of carbonyl (C=O) groups excluding carboxylic acids is 1. The van der Waals surface area contributed by atoms with Crippen LogP contribution in [0.15, 0.2) is 18.2 Å². The summed E-state index contributed by atoms with van der Waals surface area (Å²) in [6.07, 6.45) is 0. The molecule has 0 aromatic heterocycles. The van der Waals surface area contributed by atoms with Gasteiger partial charge in [-0.15, -0.1) is 0 Å². The maximum atomic E-state index is 11.6. The van der Waals surface area contributed by atoms with Crippen LogP contribution in [0.1, 0.15) is 19.4 Å². The molecule has 0 radical (unpaired) electrons. The molecule has 0 aliphatic carbocycles. The molecule has 0 fully saturated rings. The minimum absolute atomic E-state index is 0.0207. The Morgan fingerprint density at radius 1 is 1.42 bits per heavy atom. The lowest BCUT2D eigenvalue weighted by Gasteiger charge is -2.13. The number of halogens is 1. The van der Waals surface area contributed by atoms with E-state index in [9.17, 15) is 4.79 Å². The van der Waals surface area contributed by atoms with Crippen LogP contribution in [0.25, 0.3) is 0 Å². The molecular formula is C14H21ClN2O2. The number of para-hydroxylation sites is 1. The molecule has 0 aliphatic heterocycles. The topological polar surface area (TPSA) is 50.4 Å². The molecule has 0 saturated carbocycles. The third kappa shape index (κ3) is 5.49. The molecule has 2 N–H and O–H groups in total. The van der Waals surface area contributed by atoms with Gasteiger partial charge in [0.15, 0.2) is 6.61 Å². The van der Waals surface area contributed by atoms with Crippen molar-refractivity contribution in [2.75, 3.05) is 20.2 Å². The SMILES string of the molecule is CNCc1cccc(Cl)c1OCC(=O)NCC(C)C. The highest BCUT2D eigenvalue weighted by Gasteiger charge is 2.10. The molecule has 0 atom stereocenters. The zero-order valence-electron chi connectivity index (χ0n) is 11.6. The van der Waals surface area contributed by atoms with Crippen molar-refractivity contribution in [2.45, 2.75) is 20.4 Å². The molecule has 19 heavy (non-hydrogen) atoms. The van der Waals surface area contributed by atoms with Crippen LogP contribution in [0, 0.1) is 5.92 Å². The fourth-order valence-corrected chi connectivity index (χ4v) is 1.80. The molecule has 0 unspecified atom stereocenters. The van der Waals surface area contributed by atoms with Gasteiger partial charge in [-0.25, -0.2) is 0 Å². The number of nitrogens with one attached hydrogen (secondary N) is 2. The second kappa shape index (κ2) is 8.02. The predicted octanol–water partition coefficient (Wildman–Crippen LogP) is 2.21. The first-order valence-corrected chi connectivity index (χ1v) is 6.74. The van der Waals surface area contributed by atoms with E-state index in [-0.39, 0.29) is 12.5 Å². The highest BCUT2D eigenvalue weighted by atomic mass is 35.5. The van der Waals surface area contributed by atoms with E-state index in [4.69, 9.17) is 16.3 Å². The van der Waals surface area contributed by atoms with E-state index in [1.807, 2.05) is 33.0 Å². The Kier molecular flexibility index (Phi) is 6.67. The fraction of sp³-hybridized carbons (Fsp3) is 0.500. The van der Waals surface area contributed by atoms with Crippen molar-refractivity contribution in [2.24, 2.45) is 5.92 Å². The Labute approximate surface area is 119 Å². The summed E-state index contributed by atoms with van der Waals surface area (Å²) in [6, 6.07) is 5.53. The van der Waals surface area contributed by atoms with Crippen LogP contribution in [-0.2, 0) is 11.3 Å². The van der Waals surface area contributed by atoms with Crippen molar-refractivity contribution in [3.05, 3.63) is 28.8 Å². The fourth-order valence-electron chi connectivity index (χ4n) is 1.55. The first-order chi connectivity index (χ1) is 9.04. The van der Waals surface area contributed by atoms with Crippen LogP contribution in [-0.4, -0.2) is 26.1 Å².